The Labute approximate surface area is 164 Å². The van der Waals surface area contributed by atoms with Gasteiger partial charge in [-0.05, 0) is 36.6 Å². The number of nitrogens with zero attached hydrogens (tertiary/aromatic N) is 1. The van der Waals surface area contributed by atoms with Crippen molar-refractivity contribution >= 4 is 21.6 Å². The van der Waals surface area contributed by atoms with Crippen molar-refractivity contribution in [3.63, 3.8) is 0 Å². The van der Waals surface area contributed by atoms with Crippen molar-refractivity contribution in [3.8, 4) is 11.5 Å². The number of carbonyl (C=O) groups is 1. The Balaban J connectivity index is 1.61. The number of rotatable bonds is 3. The zero-order valence-corrected chi connectivity index (χ0v) is 16.6. The van der Waals surface area contributed by atoms with Gasteiger partial charge < -0.3 is 14.4 Å². The predicted octanol–water partition coefficient (Wildman–Crippen LogP) is 2.02. The lowest BCUT2D eigenvalue weighted by molar-refractivity contribution is -0.116. The van der Waals surface area contributed by atoms with Gasteiger partial charge in [-0.1, -0.05) is 18.2 Å². The van der Waals surface area contributed by atoms with Gasteiger partial charge in [0.05, 0.1) is 23.2 Å². The highest BCUT2D eigenvalue weighted by atomic mass is 32.2. The first-order valence-electron chi connectivity index (χ1n) is 9.14. The maximum absolute atomic E-state index is 13.0. The van der Waals surface area contributed by atoms with Gasteiger partial charge in [-0.25, -0.2) is 13.1 Å². The highest BCUT2D eigenvalue weighted by molar-refractivity contribution is 7.89. The second-order valence-electron chi connectivity index (χ2n) is 7.05. The maximum Gasteiger partial charge on any atom is 0.241 e. The Kier molecular flexibility index (Phi) is 4.76. The van der Waals surface area contributed by atoms with E-state index in [-0.39, 0.29) is 23.5 Å². The molecule has 8 heteroatoms. The minimum atomic E-state index is -3.78. The lowest BCUT2D eigenvalue weighted by Gasteiger charge is -2.30. The van der Waals surface area contributed by atoms with Crippen LogP contribution in [-0.4, -0.2) is 40.1 Å². The molecule has 4 rings (SSSR count). The third kappa shape index (κ3) is 3.45. The molecule has 2 aliphatic rings. The molecular formula is C20H22N2O5S. The van der Waals surface area contributed by atoms with Gasteiger partial charge in [0.25, 0.3) is 0 Å². The number of ether oxygens (including phenoxy) is 2. The van der Waals surface area contributed by atoms with E-state index in [1.807, 2.05) is 24.3 Å². The summed E-state index contributed by atoms with van der Waals surface area (Å²) in [7, 11) is -3.78. The summed E-state index contributed by atoms with van der Waals surface area (Å²) in [5.74, 6) is 1.09. The average molecular weight is 402 g/mol. The van der Waals surface area contributed by atoms with Crippen LogP contribution < -0.4 is 19.1 Å². The van der Waals surface area contributed by atoms with Gasteiger partial charge in [0, 0.05) is 13.0 Å². The van der Waals surface area contributed by atoms with Gasteiger partial charge in [0.15, 0.2) is 0 Å². The molecule has 1 atom stereocenters. The molecule has 2 aromatic rings. The van der Waals surface area contributed by atoms with E-state index in [0.717, 1.165) is 11.3 Å². The molecule has 0 bridgehead atoms. The second kappa shape index (κ2) is 7.10. The molecule has 1 N–H and O–H groups in total. The van der Waals surface area contributed by atoms with Crippen LogP contribution in [0.3, 0.4) is 0 Å². The third-order valence-corrected chi connectivity index (χ3v) is 6.65. The van der Waals surface area contributed by atoms with E-state index in [1.165, 1.54) is 13.0 Å². The lowest BCUT2D eigenvalue weighted by Crippen LogP contribution is -2.43. The van der Waals surface area contributed by atoms with Crippen molar-refractivity contribution in [3.05, 3.63) is 47.5 Å². The van der Waals surface area contributed by atoms with E-state index < -0.39 is 10.0 Å². The number of nitrogens with one attached hydrogen (secondary N) is 1. The van der Waals surface area contributed by atoms with E-state index in [4.69, 9.17) is 9.47 Å². The topological polar surface area (TPSA) is 84.9 Å². The molecule has 0 spiro atoms. The fraction of sp³-hybridized carbons (Fsp3) is 0.350. The molecule has 0 aliphatic carbocycles. The second-order valence-corrected chi connectivity index (χ2v) is 8.73. The number of fused-ring (bicyclic) bond motifs is 2. The highest BCUT2D eigenvalue weighted by Crippen LogP contribution is 2.36. The van der Waals surface area contributed by atoms with Crippen molar-refractivity contribution < 1.29 is 22.7 Å². The molecule has 1 amide bonds. The summed E-state index contributed by atoms with van der Waals surface area (Å²) in [6.07, 6.45) is 0.563. The average Bonchev–Trinajstić information content (AvgIpc) is 2.66. The molecule has 2 aromatic carbocycles. The largest absolute Gasteiger partial charge is 0.492 e. The summed E-state index contributed by atoms with van der Waals surface area (Å²) in [5, 5.41) is 0. The number of anilines is 1. The van der Waals surface area contributed by atoms with E-state index in [1.54, 1.807) is 17.9 Å². The minimum Gasteiger partial charge on any atom is -0.492 e. The number of sulfonamides is 1. The monoisotopic (exact) mass is 402 g/mol. The summed E-state index contributed by atoms with van der Waals surface area (Å²) >= 11 is 0. The van der Waals surface area contributed by atoms with Crippen molar-refractivity contribution in [2.24, 2.45) is 0 Å². The number of aryl methyl sites for hydroxylation is 1. The maximum atomic E-state index is 13.0. The van der Waals surface area contributed by atoms with Crippen molar-refractivity contribution in [2.45, 2.75) is 31.2 Å². The lowest BCUT2D eigenvalue weighted by atomic mass is 10.0. The first-order chi connectivity index (χ1) is 13.3. The minimum absolute atomic E-state index is 0.101. The molecular weight excluding hydrogens is 380 g/mol. The van der Waals surface area contributed by atoms with Crippen LogP contribution in [0.5, 0.6) is 11.5 Å². The molecule has 148 valence electrons. The standard InChI is InChI=1S/C20H22N2O5S/c1-13-9-17-19(26-8-7-22(17)14(2)23)11-20(13)28(24,25)21-16-10-15-5-3-4-6-18(15)27-12-16/h3-6,9,11,16,21H,7-8,10,12H2,1-2H3. The molecule has 28 heavy (non-hydrogen) atoms. The number of benzene rings is 2. The first kappa shape index (κ1) is 18.8. The van der Waals surface area contributed by atoms with Crippen LogP contribution in [0.15, 0.2) is 41.3 Å². The molecule has 1 unspecified atom stereocenters. The Morgan fingerprint density at radius 2 is 1.96 bits per heavy atom. The predicted molar refractivity (Wildman–Crippen MR) is 104 cm³/mol. The van der Waals surface area contributed by atoms with Gasteiger partial charge in [-0.3, -0.25) is 4.79 Å². The van der Waals surface area contributed by atoms with Gasteiger partial charge in [0.1, 0.15) is 24.7 Å². The van der Waals surface area contributed by atoms with Crippen LogP contribution >= 0.6 is 0 Å². The number of hydrogen-bond acceptors (Lipinski definition) is 5. The van der Waals surface area contributed by atoms with Crippen LogP contribution in [-0.2, 0) is 21.2 Å². The van der Waals surface area contributed by atoms with Crippen LogP contribution in [0.1, 0.15) is 18.1 Å². The quantitative estimate of drug-likeness (QED) is 0.849. The van der Waals surface area contributed by atoms with Crippen molar-refractivity contribution in [1.82, 2.24) is 4.72 Å². The summed E-state index contributed by atoms with van der Waals surface area (Å²) in [6.45, 7) is 4.25. The fourth-order valence-corrected chi connectivity index (χ4v) is 5.11. The van der Waals surface area contributed by atoms with Gasteiger partial charge in [-0.15, -0.1) is 0 Å². The summed E-state index contributed by atoms with van der Waals surface area (Å²) in [4.78, 5) is 13.6. The summed E-state index contributed by atoms with van der Waals surface area (Å²) < 4.78 is 40.1. The Bertz CT molecular complexity index is 1030. The summed E-state index contributed by atoms with van der Waals surface area (Å²) in [5.41, 5.74) is 2.13. The Hall–Kier alpha value is -2.58. The van der Waals surface area contributed by atoms with Gasteiger partial charge >= 0.3 is 0 Å². The molecule has 2 heterocycles. The molecule has 0 aromatic heterocycles. The number of amides is 1. The van der Waals surface area contributed by atoms with Crippen molar-refractivity contribution in [2.75, 3.05) is 24.7 Å². The Morgan fingerprint density at radius 3 is 2.75 bits per heavy atom. The van der Waals surface area contributed by atoms with E-state index in [2.05, 4.69) is 4.72 Å². The van der Waals surface area contributed by atoms with E-state index >= 15 is 0 Å². The van der Waals surface area contributed by atoms with E-state index in [9.17, 15) is 13.2 Å². The van der Waals surface area contributed by atoms with Gasteiger partial charge in [-0.2, -0.15) is 0 Å². The molecule has 0 fully saturated rings. The first-order valence-corrected chi connectivity index (χ1v) is 10.6. The van der Waals surface area contributed by atoms with Crippen LogP contribution in [0.25, 0.3) is 0 Å². The molecule has 0 saturated carbocycles. The molecule has 0 saturated heterocycles. The normalized spacial score (nSPS) is 18.5. The van der Waals surface area contributed by atoms with Crippen LogP contribution in [0.4, 0.5) is 5.69 Å². The van der Waals surface area contributed by atoms with Crippen LogP contribution in [0, 0.1) is 6.92 Å². The highest BCUT2D eigenvalue weighted by Gasteiger charge is 2.29. The van der Waals surface area contributed by atoms with Crippen LogP contribution in [0.2, 0.25) is 0 Å². The zero-order valence-electron chi connectivity index (χ0n) is 15.8. The third-order valence-electron chi connectivity index (χ3n) is 4.99. The van der Waals surface area contributed by atoms with Crippen molar-refractivity contribution in [1.29, 1.82) is 0 Å². The number of para-hydroxylation sites is 1. The molecule has 7 nitrogen and oxygen atoms in total. The SMILES string of the molecule is CC(=O)N1CCOc2cc(S(=O)(=O)NC3COc4ccccc4C3)c(C)cc21. The number of carbonyl (C=O) groups excluding carboxylic acids is 1. The fourth-order valence-electron chi connectivity index (χ4n) is 3.65. The van der Waals surface area contributed by atoms with Gasteiger partial charge in [0.2, 0.25) is 15.9 Å². The Morgan fingerprint density at radius 1 is 1.18 bits per heavy atom. The molecule has 0 radical (unpaired) electrons. The zero-order chi connectivity index (χ0) is 19.9. The molecule has 2 aliphatic heterocycles. The smallest absolute Gasteiger partial charge is 0.241 e. The van der Waals surface area contributed by atoms with E-state index in [0.29, 0.717) is 36.6 Å². The number of hydrogen-bond donors (Lipinski definition) is 1. The summed E-state index contributed by atoms with van der Waals surface area (Å²) in [6, 6.07) is 10.5.